The molecule has 0 radical (unpaired) electrons. The average molecular weight is 1170 g/mol. The minimum absolute atomic E-state index is 0.0271. The first-order chi connectivity index (χ1) is 41.0. The molecule has 6 nitrogen and oxygen atoms in total. The van der Waals surface area contributed by atoms with Gasteiger partial charge in [0.15, 0.2) is 0 Å². The van der Waals surface area contributed by atoms with Gasteiger partial charge in [-0.05, 0) is 32.1 Å². The summed E-state index contributed by atoms with van der Waals surface area (Å²) < 4.78 is 5.51. The Morgan fingerprint density at radius 3 is 0.819 bits per heavy atom. The van der Waals surface area contributed by atoms with Gasteiger partial charge in [-0.3, -0.25) is 9.59 Å². The SMILES string of the molecule is CCCCCCCCCCCCCC/C=C/C(O)C(CO)NC(=O)CCCCCCCCCCCCCCCCCCCCCCCCCCCCCCCCCCCCCCCOC(=O)CCCCCCCCCCCCCCCCC. The van der Waals surface area contributed by atoms with Crippen LogP contribution in [0.1, 0.15) is 444 Å². The molecule has 0 bridgehead atoms. The summed E-state index contributed by atoms with van der Waals surface area (Å²) in [6, 6.07) is -0.622. The zero-order chi connectivity index (χ0) is 59.9. The number of allylic oxidation sites excluding steroid dienone is 1. The fraction of sp³-hybridized carbons (Fsp3) is 0.948. The Balaban J connectivity index is 3.29. The van der Waals surface area contributed by atoms with Crippen LogP contribution in [0, 0.1) is 0 Å². The van der Waals surface area contributed by atoms with E-state index in [1.165, 1.54) is 379 Å². The molecule has 0 saturated heterocycles. The van der Waals surface area contributed by atoms with E-state index < -0.39 is 12.1 Å². The zero-order valence-corrected chi connectivity index (χ0v) is 56.7. The molecule has 2 unspecified atom stereocenters. The zero-order valence-electron chi connectivity index (χ0n) is 56.7. The van der Waals surface area contributed by atoms with Crippen LogP contribution < -0.4 is 5.32 Å². The maximum absolute atomic E-state index is 12.5. The van der Waals surface area contributed by atoms with Gasteiger partial charge in [-0.2, -0.15) is 0 Å². The quantitative estimate of drug-likeness (QED) is 0.0320. The van der Waals surface area contributed by atoms with E-state index in [0.717, 1.165) is 38.5 Å². The number of amides is 1. The summed E-state index contributed by atoms with van der Waals surface area (Å²) in [5.41, 5.74) is 0. The number of aliphatic hydroxyl groups is 2. The molecule has 2 atom stereocenters. The highest BCUT2D eigenvalue weighted by Gasteiger charge is 2.18. The third kappa shape index (κ3) is 69.6. The fourth-order valence-corrected chi connectivity index (χ4v) is 12.5. The Labute approximate surface area is 520 Å². The van der Waals surface area contributed by atoms with Crippen molar-refractivity contribution in [1.29, 1.82) is 0 Å². The number of aliphatic hydroxyl groups excluding tert-OH is 2. The number of unbranched alkanes of at least 4 members (excludes halogenated alkanes) is 62. The summed E-state index contributed by atoms with van der Waals surface area (Å²) in [5.74, 6) is -0.0323. The molecule has 1 amide bonds. The molecule has 0 aromatic rings. The topological polar surface area (TPSA) is 95.9 Å². The molecular formula is C77H151NO5. The standard InChI is InChI=1S/C77H151NO5/c1-3-5-7-9-11-13-15-17-42-47-51-55-59-63-67-71-77(82)83-72-68-64-60-56-52-48-44-41-39-37-35-33-31-29-27-25-23-21-19-20-22-24-26-28-30-32-34-36-38-40-43-46-50-54-58-62-66-70-76(81)78-74(73-79)75(80)69-65-61-57-53-49-45-18-16-14-12-10-8-6-4-2/h65,69,74-75,79-80H,3-64,66-68,70-73H2,1-2H3,(H,78,81)/b69-65+. The molecule has 494 valence electrons. The minimum atomic E-state index is -0.839. The monoisotopic (exact) mass is 1170 g/mol. The van der Waals surface area contributed by atoms with Crippen LogP contribution in [0.4, 0.5) is 0 Å². The van der Waals surface area contributed by atoms with Crippen molar-refractivity contribution >= 4 is 11.9 Å². The lowest BCUT2D eigenvalue weighted by atomic mass is 10.0. The maximum Gasteiger partial charge on any atom is 0.305 e. The number of carbonyl (C=O) groups is 2. The van der Waals surface area contributed by atoms with E-state index >= 15 is 0 Å². The molecular weight excluding hydrogens is 1020 g/mol. The highest BCUT2D eigenvalue weighted by Crippen LogP contribution is 2.20. The molecule has 0 aliphatic rings. The molecule has 0 fully saturated rings. The Morgan fingerprint density at radius 2 is 0.554 bits per heavy atom. The van der Waals surface area contributed by atoms with Crippen LogP contribution in [0.25, 0.3) is 0 Å². The summed E-state index contributed by atoms with van der Waals surface area (Å²) >= 11 is 0. The van der Waals surface area contributed by atoms with Gasteiger partial charge in [-0.25, -0.2) is 0 Å². The van der Waals surface area contributed by atoms with Gasteiger partial charge in [-0.15, -0.1) is 0 Å². The molecule has 0 heterocycles. The molecule has 0 aromatic heterocycles. The highest BCUT2D eigenvalue weighted by molar-refractivity contribution is 5.76. The van der Waals surface area contributed by atoms with Crippen LogP contribution in [0.2, 0.25) is 0 Å². The van der Waals surface area contributed by atoms with Crippen molar-refractivity contribution in [3.05, 3.63) is 12.2 Å². The van der Waals surface area contributed by atoms with Crippen LogP contribution in [-0.2, 0) is 14.3 Å². The summed E-state index contributed by atoms with van der Waals surface area (Å²) in [7, 11) is 0. The first kappa shape index (κ1) is 81.6. The largest absolute Gasteiger partial charge is 0.466 e. The van der Waals surface area contributed by atoms with Gasteiger partial charge >= 0.3 is 5.97 Å². The second kappa shape index (κ2) is 73.1. The molecule has 0 spiro atoms. The minimum Gasteiger partial charge on any atom is -0.466 e. The normalized spacial score (nSPS) is 12.5. The van der Waals surface area contributed by atoms with E-state index in [1.807, 2.05) is 6.08 Å². The lowest BCUT2D eigenvalue weighted by molar-refractivity contribution is -0.143. The number of esters is 1. The Kier molecular flexibility index (Phi) is 71.8. The molecule has 6 heteroatoms. The van der Waals surface area contributed by atoms with Gasteiger partial charge in [0.2, 0.25) is 5.91 Å². The van der Waals surface area contributed by atoms with Gasteiger partial charge in [0.1, 0.15) is 0 Å². The van der Waals surface area contributed by atoms with E-state index in [2.05, 4.69) is 19.2 Å². The number of rotatable bonds is 73. The molecule has 0 aliphatic heterocycles. The third-order valence-electron chi connectivity index (χ3n) is 18.3. The molecule has 0 rings (SSSR count). The van der Waals surface area contributed by atoms with Crippen LogP contribution in [0.3, 0.4) is 0 Å². The van der Waals surface area contributed by atoms with E-state index in [4.69, 9.17) is 4.74 Å². The van der Waals surface area contributed by atoms with E-state index in [9.17, 15) is 19.8 Å². The van der Waals surface area contributed by atoms with Crippen molar-refractivity contribution < 1.29 is 24.5 Å². The summed E-state index contributed by atoms with van der Waals surface area (Å²) in [6.07, 6.45) is 92.0. The smallest absolute Gasteiger partial charge is 0.305 e. The molecule has 0 aliphatic carbocycles. The van der Waals surface area contributed by atoms with Crippen LogP contribution >= 0.6 is 0 Å². The van der Waals surface area contributed by atoms with E-state index in [-0.39, 0.29) is 18.5 Å². The first-order valence-corrected chi connectivity index (χ1v) is 38.5. The average Bonchev–Trinajstić information content (AvgIpc) is 3.49. The Hall–Kier alpha value is -1.40. The van der Waals surface area contributed by atoms with Crippen molar-refractivity contribution in [3.63, 3.8) is 0 Å². The van der Waals surface area contributed by atoms with Gasteiger partial charge < -0.3 is 20.3 Å². The lowest BCUT2D eigenvalue weighted by Crippen LogP contribution is -2.45. The van der Waals surface area contributed by atoms with Gasteiger partial charge in [0.05, 0.1) is 25.4 Å². The molecule has 83 heavy (non-hydrogen) atoms. The van der Waals surface area contributed by atoms with Crippen molar-refractivity contribution in [3.8, 4) is 0 Å². The van der Waals surface area contributed by atoms with Gasteiger partial charge in [0, 0.05) is 12.8 Å². The lowest BCUT2D eigenvalue weighted by Gasteiger charge is -2.20. The molecule has 0 aromatic carbocycles. The van der Waals surface area contributed by atoms with Gasteiger partial charge in [0.25, 0.3) is 0 Å². The highest BCUT2D eigenvalue weighted by atomic mass is 16.5. The molecule has 3 N–H and O–H groups in total. The second-order valence-electron chi connectivity index (χ2n) is 26.7. The van der Waals surface area contributed by atoms with Crippen molar-refractivity contribution in [2.75, 3.05) is 13.2 Å². The predicted octanol–water partition coefficient (Wildman–Crippen LogP) is 25.1. The maximum atomic E-state index is 12.5. The predicted molar refractivity (Wildman–Crippen MR) is 366 cm³/mol. The first-order valence-electron chi connectivity index (χ1n) is 38.5. The number of carbonyl (C=O) groups excluding carboxylic acids is 2. The summed E-state index contributed by atoms with van der Waals surface area (Å²) in [4.78, 5) is 24.6. The van der Waals surface area contributed by atoms with Gasteiger partial charge in [-0.1, -0.05) is 411 Å². The fourth-order valence-electron chi connectivity index (χ4n) is 12.5. The van der Waals surface area contributed by atoms with Crippen molar-refractivity contribution in [2.45, 2.75) is 456 Å². The van der Waals surface area contributed by atoms with Crippen LogP contribution in [0.15, 0.2) is 12.2 Å². The van der Waals surface area contributed by atoms with Crippen LogP contribution in [0.5, 0.6) is 0 Å². The van der Waals surface area contributed by atoms with Crippen LogP contribution in [-0.4, -0.2) is 47.4 Å². The second-order valence-corrected chi connectivity index (χ2v) is 26.7. The van der Waals surface area contributed by atoms with Crippen molar-refractivity contribution in [1.82, 2.24) is 5.32 Å². The number of ether oxygens (including phenoxy) is 1. The molecule has 0 saturated carbocycles. The Bertz CT molecular complexity index is 1260. The van der Waals surface area contributed by atoms with Crippen molar-refractivity contribution in [2.24, 2.45) is 0 Å². The third-order valence-corrected chi connectivity index (χ3v) is 18.3. The number of nitrogens with one attached hydrogen (secondary N) is 1. The number of hydrogen-bond acceptors (Lipinski definition) is 5. The Morgan fingerprint density at radius 1 is 0.325 bits per heavy atom. The summed E-state index contributed by atoms with van der Waals surface area (Å²) in [6.45, 7) is 4.95. The number of hydrogen-bond donors (Lipinski definition) is 3. The van der Waals surface area contributed by atoms with E-state index in [0.29, 0.717) is 19.4 Å². The van der Waals surface area contributed by atoms with E-state index in [1.54, 1.807) is 6.08 Å². The summed E-state index contributed by atoms with van der Waals surface area (Å²) in [5, 5.41) is 23.2.